The van der Waals surface area contributed by atoms with Crippen LogP contribution in [0, 0.1) is 5.82 Å². The highest BCUT2D eigenvalue weighted by atomic mass is 32.2. The molecule has 1 heterocycles. The minimum atomic E-state index is -0.617. The molecule has 0 radical (unpaired) electrons. The third-order valence-corrected chi connectivity index (χ3v) is 10.0. The summed E-state index contributed by atoms with van der Waals surface area (Å²) in [6, 6.07) is 45.1. The fourth-order valence-corrected chi connectivity index (χ4v) is 7.31. The first-order valence-electron chi connectivity index (χ1n) is 17.1. The molecule has 0 saturated heterocycles. The quantitative estimate of drug-likeness (QED) is 0.0918. The molecule has 0 bridgehead atoms. The van der Waals surface area contributed by atoms with Gasteiger partial charge in [0, 0.05) is 50.2 Å². The van der Waals surface area contributed by atoms with Crippen LogP contribution in [0.3, 0.4) is 0 Å². The molecule has 0 aliphatic heterocycles. The van der Waals surface area contributed by atoms with Gasteiger partial charge >= 0.3 is 0 Å². The number of hydrogen-bond acceptors (Lipinski definition) is 4. The normalized spacial score (nSPS) is 12.0. The van der Waals surface area contributed by atoms with Crippen molar-refractivity contribution in [1.82, 2.24) is 9.88 Å². The molecular formula is C44H35FN4O3S. The zero-order valence-corrected chi connectivity index (χ0v) is 29.6. The van der Waals surface area contributed by atoms with Gasteiger partial charge in [0.1, 0.15) is 16.8 Å². The third-order valence-electron chi connectivity index (χ3n) is 8.75. The van der Waals surface area contributed by atoms with E-state index >= 15 is 0 Å². The first kappa shape index (κ1) is 35.0. The van der Waals surface area contributed by atoms with Gasteiger partial charge in [0.05, 0.1) is 0 Å². The Labute approximate surface area is 310 Å². The third kappa shape index (κ3) is 8.06. The summed E-state index contributed by atoms with van der Waals surface area (Å²) in [4.78, 5) is 41.5. The van der Waals surface area contributed by atoms with Crippen molar-refractivity contribution in [1.29, 1.82) is 0 Å². The van der Waals surface area contributed by atoms with E-state index in [9.17, 15) is 18.8 Å². The van der Waals surface area contributed by atoms with Crippen molar-refractivity contribution < 1.29 is 18.8 Å². The Bertz CT molecular complexity index is 2460. The van der Waals surface area contributed by atoms with E-state index in [-0.39, 0.29) is 11.6 Å². The highest BCUT2D eigenvalue weighted by Crippen LogP contribution is 2.38. The Hall–Kier alpha value is -6.45. The number of aryl methyl sites for hydroxylation is 1. The Morgan fingerprint density at radius 1 is 0.698 bits per heavy atom. The van der Waals surface area contributed by atoms with Gasteiger partial charge in [-0.1, -0.05) is 84.9 Å². The minimum Gasteiger partial charge on any atom is -0.341 e. The molecule has 3 N–H and O–H groups in total. The van der Waals surface area contributed by atoms with Crippen molar-refractivity contribution in [2.75, 3.05) is 10.6 Å². The van der Waals surface area contributed by atoms with E-state index in [1.54, 1.807) is 48.5 Å². The highest BCUT2D eigenvalue weighted by molar-refractivity contribution is 8.00. The van der Waals surface area contributed by atoms with Crippen LogP contribution in [0.2, 0.25) is 0 Å². The standard InChI is InChI=1S/C44H35FN4O3S/c1-2-49-39-19-10-9-18-36(39)37-28-34(24-25-40(37)49)47-44(52)41(30-12-5-3-6-13-30)53-35-17-11-16-33(27-35)46-43(51)38(26-29-20-22-32(45)23-21-29)48-42(50)31-14-7-4-8-15-31/h3-28,41H,2H2,1H3,(H,46,51)(H,47,52)(H,48,50)/b38-26-. The lowest BCUT2D eigenvalue weighted by Gasteiger charge is -2.18. The molecule has 0 fully saturated rings. The number of para-hydroxylation sites is 1. The van der Waals surface area contributed by atoms with Crippen molar-refractivity contribution in [2.45, 2.75) is 23.6 Å². The Morgan fingerprint density at radius 2 is 1.38 bits per heavy atom. The lowest BCUT2D eigenvalue weighted by Crippen LogP contribution is -2.30. The van der Waals surface area contributed by atoms with Gasteiger partial charge in [-0.05, 0) is 90.9 Å². The number of carbonyl (C=O) groups excluding carboxylic acids is 3. The largest absolute Gasteiger partial charge is 0.341 e. The molecule has 7 aromatic rings. The van der Waals surface area contributed by atoms with E-state index in [0.717, 1.165) is 38.8 Å². The van der Waals surface area contributed by atoms with Crippen LogP contribution in [0.1, 0.15) is 33.7 Å². The molecule has 53 heavy (non-hydrogen) atoms. The second-order valence-corrected chi connectivity index (χ2v) is 13.5. The summed E-state index contributed by atoms with van der Waals surface area (Å²) in [5.41, 5.74) is 5.11. The second-order valence-electron chi connectivity index (χ2n) is 12.3. The van der Waals surface area contributed by atoms with Gasteiger partial charge in [0.15, 0.2) is 0 Å². The monoisotopic (exact) mass is 718 g/mol. The lowest BCUT2D eigenvalue weighted by molar-refractivity contribution is -0.116. The summed E-state index contributed by atoms with van der Waals surface area (Å²) in [5.74, 6) is -1.65. The number of amides is 3. The summed E-state index contributed by atoms with van der Waals surface area (Å²) >= 11 is 1.36. The van der Waals surface area contributed by atoms with Gasteiger partial charge < -0.3 is 20.5 Å². The number of benzene rings is 6. The summed E-state index contributed by atoms with van der Waals surface area (Å²) in [6.07, 6.45) is 1.49. The maximum atomic E-state index is 14.1. The molecule has 1 aromatic heterocycles. The van der Waals surface area contributed by atoms with Crippen LogP contribution in [0.4, 0.5) is 15.8 Å². The van der Waals surface area contributed by atoms with E-state index < -0.39 is 22.9 Å². The van der Waals surface area contributed by atoms with Gasteiger partial charge in [0.2, 0.25) is 5.91 Å². The number of aromatic nitrogens is 1. The fraction of sp³-hybridized carbons (Fsp3) is 0.0682. The number of nitrogens with one attached hydrogen (secondary N) is 3. The molecular weight excluding hydrogens is 684 g/mol. The zero-order valence-electron chi connectivity index (χ0n) is 28.8. The fourth-order valence-electron chi connectivity index (χ4n) is 6.23. The van der Waals surface area contributed by atoms with E-state index in [1.165, 1.54) is 42.1 Å². The predicted molar refractivity (Wildman–Crippen MR) is 212 cm³/mol. The van der Waals surface area contributed by atoms with Crippen molar-refractivity contribution in [2.24, 2.45) is 0 Å². The molecule has 0 aliphatic rings. The number of thioether (sulfide) groups is 1. The Kier molecular flexibility index (Phi) is 10.5. The number of hydrogen-bond donors (Lipinski definition) is 3. The molecule has 1 unspecified atom stereocenters. The van der Waals surface area contributed by atoms with Crippen LogP contribution >= 0.6 is 11.8 Å². The molecule has 0 aliphatic carbocycles. The molecule has 0 saturated carbocycles. The zero-order chi connectivity index (χ0) is 36.7. The van der Waals surface area contributed by atoms with E-state index in [1.807, 2.05) is 66.7 Å². The summed E-state index contributed by atoms with van der Waals surface area (Å²) in [5, 5.41) is 10.3. The topological polar surface area (TPSA) is 92.2 Å². The molecule has 1 atom stereocenters. The van der Waals surface area contributed by atoms with Gasteiger partial charge in [-0.25, -0.2) is 4.39 Å². The molecule has 7 nitrogen and oxygen atoms in total. The average molecular weight is 719 g/mol. The number of rotatable bonds is 11. The molecule has 7 rings (SSSR count). The lowest BCUT2D eigenvalue weighted by atomic mass is 10.1. The highest BCUT2D eigenvalue weighted by Gasteiger charge is 2.23. The number of nitrogens with zero attached hydrogens (tertiary/aromatic N) is 1. The van der Waals surface area contributed by atoms with Crippen molar-refractivity contribution in [3.63, 3.8) is 0 Å². The smallest absolute Gasteiger partial charge is 0.272 e. The maximum absolute atomic E-state index is 14.1. The first-order valence-corrected chi connectivity index (χ1v) is 18.0. The van der Waals surface area contributed by atoms with Gasteiger partial charge in [-0.2, -0.15) is 0 Å². The van der Waals surface area contributed by atoms with Crippen LogP contribution in [-0.4, -0.2) is 22.3 Å². The first-order chi connectivity index (χ1) is 25.9. The Morgan fingerprint density at radius 3 is 2.13 bits per heavy atom. The van der Waals surface area contributed by atoms with Gasteiger partial charge in [-0.15, -0.1) is 11.8 Å². The maximum Gasteiger partial charge on any atom is 0.272 e. The number of anilines is 2. The SMILES string of the molecule is CCn1c2ccccc2c2cc(NC(=O)C(Sc3cccc(NC(=O)/C(=C/c4ccc(F)cc4)NC(=O)c4ccccc4)c3)c3ccccc3)ccc21. The molecule has 6 aromatic carbocycles. The summed E-state index contributed by atoms with van der Waals surface area (Å²) < 4.78 is 15.9. The number of carbonyl (C=O) groups is 3. The van der Waals surface area contributed by atoms with Crippen LogP contribution < -0.4 is 16.0 Å². The van der Waals surface area contributed by atoms with Crippen LogP contribution in [0.5, 0.6) is 0 Å². The molecule has 9 heteroatoms. The average Bonchev–Trinajstić information content (AvgIpc) is 3.51. The van der Waals surface area contributed by atoms with Crippen molar-refractivity contribution in [3.8, 4) is 0 Å². The summed E-state index contributed by atoms with van der Waals surface area (Å²) in [7, 11) is 0. The Balaban J connectivity index is 1.13. The van der Waals surface area contributed by atoms with Gasteiger partial charge in [-0.3, -0.25) is 14.4 Å². The number of halogens is 1. The van der Waals surface area contributed by atoms with E-state index in [4.69, 9.17) is 0 Å². The van der Waals surface area contributed by atoms with Gasteiger partial charge in [0.25, 0.3) is 11.8 Å². The molecule has 3 amide bonds. The van der Waals surface area contributed by atoms with E-state index in [2.05, 4.69) is 39.6 Å². The molecule has 262 valence electrons. The van der Waals surface area contributed by atoms with Crippen molar-refractivity contribution in [3.05, 3.63) is 180 Å². The van der Waals surface area contributed by atoms with Crippen LogP contribution in [0.25, 0.3) is 27.9 Å². The minimum absolute atomic E-state index is 0.0240. The predicted octanol–water partition coefficient (Wildman–Crippen LogP) is 9.84. The summed E-state index contributed by atoms with van der Waals surface area (Å²) in [6.45, 7) is 2.95. The molecule has 0 spiro atoms. The van der Waals surface area contributed by atoms with Crippen molar-refractivity contribution >= 4 is 68.7 Å². The number of fused-ring (bicyclic) bond motifs is 3. The second kappa shape index (κ2) is 15.8. The van der Waals surface area contributed by atoms with E-state index in [0.29, 0.717) is 22.5 Å². The van der Waals surface area contributed by atoms with Crippen LogP contribution in [0.15, 0.2) is 162 Å². The van der Waals surface area contributed by atoms with Crippen LogP contribution in [-0.2, 0) is 16.1 Å².